The summed E-state index contributed by atoms with van der Waals surface area (Å²) < 4.78 is 10.6. The number of rotatable bonds is 10. The third kappa shape index (κ3) is 8.20. The molecule has 2 rings (SSSR count). The van der Waals surface area contributed by atoms with Crippen molar-refractivity contribution in [3.8, 4) is 5.75 Å². The molecule has 164 valence electrons. The molecular formula is C21H34ClN3O4. The number of benzene rings is 1. The number of nitrogens with one attached hydrogen (secondary N) is 2. The number of likely N-dealkylation sites (tertiary alicyclic amines) is 1. The SMILES string of the molecule is COCCNCCNC(=O)c1ccc(OCC(=O)N2C(C)CCCC2C)cc1.Cl. The summed E-state index contributed by atoms with van der Waals surface area (Å²) >= 11 is 0. The Bertz CT molecular complexity index is 617. The number of methoxy groups -OCH3 is 1. The van der Waals surface area contributed by atoms with Crippen LogP contribution in [0.5, 0.6) is 5.75 Å². The number of carbonyl (C=O) groups excluding carboxylic acids is 2. The van der Waals surface area contributed by atoms with Gasteiger partial charge in [0, 0.05) is 44.4 Å². The molecule has 0 aromatic heterocycles. The van der Waals surface area contributed by atoms with Gasteiger partial charge in [0.2, 0.25) is 0 Å². The van der Waals surface area contributed by atoms with Crippen LogP contribution in [-0.2, 0) is 9.53 Å². The zero-order valence-electron chi connectivity index (χ0n) is 17.6. The second kappa shape index (κ2) is 13.4. The molecule has 2 atom stereocenters. The molecule has 0 saturated carbocycles. The minimum absolute atomic E-state index is 0. The van der Waals surface area contributed by atoms with Crippen LogP contribution in [0.1, 0.15) is 43.5 Å². The fraction of sp³-hybridized carbons (Fsp3) is 0.619. The Kier molecular flexibility index (Phi) is 11.7. The van der Waals surface area contributed by atoms with Crippen molar-refractivity contribution in [3.05, 3.63) is 29.8 Å². The van der Waals surface area contributed by atoms with Gasteiger partial charge in [0.25, 0.3) is 11.8 Å². The molecule has 0 bridgehead atoms. The van der Waals surface area contributed by atoms with Crippen LogP contribution in [0, 0.1) is 0 Å². The fourth-order valence-corrected chi connectivity index (χ4v) is 3.50. The monoisotopic (exact) mass is 427 g/mol. The van der Waals surface area contributed by atoms with Gasteiger partial charge in [-0.25, -0.2) is 0 Å². The summed E-state index contributed by atoms with van der Waals surface area (Å²) in [5.41, 5.74) is 0.564. The third-order valence-corrected chi connectivity index (χ3v) is 5.03. The number of ether oxygens (including phenoxy) is 2. The predicted molar refractivity (Wildman–Crippen MR) is 116 cm³/mol. The quantitative estimate of drug-likeness (QED) is 0.560. The zero-order chi connectivity index (χ0) is 20.4. The summed E-state index contributed by atoms with van der Waals surface area (Å²) in [4.78, 5) is 26.6. The van der Waals surface area contributed by atoms with Gasteiger partial charge in [-0.15, -0.1) is 12.4 Å². The third-order valence-electron chi connectivity index (χ3n) is 5.03. The van der Waals surface area contributed by atoms with E-state index in [1.807, 2.05) is 4.90 Å². The average Bonchev–Trinajstić information content (AvgIpc) is 2.69. The number of hydrogen-bond donors (Lipinski definition) is 2. The first-order valence-electron chi connectivity index (χ1n) is 10.0. The van der Waals surface area contributed by atoms with Crippen molar-refractivity contribution in [1.82, 2.24) is 15.5 Å². The Morgan fingerprint density at radius 1 is 1.07 bits per heavy atom. The van der Waals surface area contributed by atoms with Gasteiger partial charge in [0.1, 0.15) is 5.75 Å². The van der Waals surface area contributed by atoms with Gasteiger partial charge in [-0.2, -0.15) is 0 Å². The summed E-state index contributed by atoms with van der Waals surface area (Å²) in [7, 11) is 1.65. The zero-order valence-corrected chi connectivity index (χ0v) is 18.4. The maximum absolute atomic E-state index is 12.5. The van der Waals surface area contributed by atoms with E-state index in [9.17, 15) is 9.59 Å². The molecule has 1 aromatic carbocycles. The molecule has 1 aromatic rings. The van der Waals surface area contributed by atoms with Crippen molar-refractivity contribution in [1.29, 1.82) is 0 Å². The maximum atomic E-state index is 12.5. The average molecular weight is 428 g/mol. The van der Waals surface area contributed by atoms with Crippen LogP contribution in [-0.4, -0.2) is 68.8 Å². The van der Waals surface area contributed by atoms with Crippen LogP contribution in [0.3, 0.4) is 0 Å². The standard InChI is InChI=1S/C21H33N3O4.ClH/c1-16-5-4-6-17(2)24(16)20(25)15-28-19-9-7-18(8-10-19)21(26)23-12-11-22-13-14-27-3;/h7-10,16-17,22H,4-6,11-15H2,1-3H3,(H,23,26);1H. The molecule has 2 amide bonds. The molecular weight excluding hydrogens is 394 g/mol. The molecule has 0 radical (unpaired) electrons. The second-order valence-corrected chi connectivity index (χ2v) is 7.24. The number of hydrogen-bond acceptors (Lipinski definition) is 5. The molecule has 2 N–H and O–H groups in total. The van der Waals surface area contributed by atoms with Gasteiger partial charge < -0.3 is 25.0 Å². The van der Waals surface area contributed by atoms with E-state index in [0.717, 1.165) is 19.4 Å². The molecule has 29 heavy (non-hydrogen) atoms. The first-order chi connectivity index (χ1) is 13.5. The lowest BCUT2D eigenvalue weighted by Gasteiger charge is -2.38. The van der Waals surface area contributed by atoms with Crippen molar-refractivity contribution < 1.29 is 19.1 Å². The van der Waals surface area contributed by atoms with Gasteiger partial charge in [0.05, 0.1) is 6.61 Å². The summed E-state index contributed by atoms with van der Waals surface area (Å²) in [6, 6.07) is 7.38. The summed E-state index contributed by atoms with van der Waals surface area (Å²) in [6.45, 7) is 6.84. The van der Waals surface area contributed by atoms with Crippen molar-refractivity contribution >= 4 is 24.2 Å². The molecule has 7 nitrogen and oxygen atoms in total. The van der Waals surface area contributed by atoms with Gasteiger partial charge in [0.15, 0.2) is 6.61 Å². The number of amides is 2. The molecule has 1 aliphatic rings. The predicted octanol–water partition coefficient (Wildman–Crippen LogP) is 2.24. The highest BCUT2D eigenvalue weighted by Crippen LogP contribution is 2.22. The van der Waals surface area contributed by atoms with Crippen molar-refractivity contribution in [2.24, 2.45) is 0 Å². The topological polar surface area (TPSA) is 79.9 Å². The number of carbonyl (C=O) groups is 2. The normalized spacial score (nSPS) is 18.7. The lowest BCUT2D eigenvalue weighted by atomic mass is 9.97. The van der Waals surface area contributed by atoms with Crippen molar-refractivity contribution in [2.75, 3.05) is 40.0 Å². The lowest BCUT2D eigenvalue weighted by Crippen LogP contribution is -2.49. The van der Waals surface area contributed by atoms with Crippen molar-refractivity contribution in [2.45, 2.75) is 45.2 Å². The summed E-state index contributed by atoms with van der Waals surface area (Å²) in [5, 5.41) is 6.02. The molecule has 1 aliphatic heterocycles. The van der Waals surface area contributed by atoms with Crippen LogP contribution in [0.15, 0.2) is 24.3 Å². The van der Waals surface area contributed by atoms with Gasteiger partial charge in [-0.05, 0) is 57.4 Å². The summed E-state index contributed by atoms with van der Waals surface area (Å²) in [6.07, 6.45) is 3.25. The Morgan fingerprint density at radius 3 is 2.34 bits per heavy atom. The van der Waals surface area contributed by atoms with E-state index in [1.165, 1.54) is 6.42 Å². The van der Waals surface area contributed by atoms with Gasteiger partial charge in [-0.1, -0.05) is 0 Å². The van der Waals surface area contributed by atoms with E-state index in [1.54, 1.807) is 31.4 Å². The second-order valence-electron chi connectivity index (χ2n) is 7.24. The van der Waals surface area contributed by atoms with E-state index in [0.29, 0.717) is 31.0 Å². The Morgan fingerprint density at radius 2 is 1.72 bits per heavy atom. The van der Waals surface area contributed by atoms with E-state index in [2.05, 4.69) is 24.5 Å². The lowest BCUT2D eigenvalue weighted by molar-refractivity contribution is -0.139. The molecule has 0 aliphatic carbocycles. The molecule has 1 fully saturated rings. The highest BCUT2D eigenvalue weighted by atomic mass is 35.5. The van der Waals surface area contributed by atoms with Crippen LogP contribution < -0.4 is 15.4 Å². The van der Waals surface area contributed by atoms with Crippen LogP contribution in [0.2, 0.25) is 0 Å². The van der Waals surface area contributed by atoms with Crippen LogP contribution >= 0.6 is 12.4 Å². The van der Waals surface area contributed by atoms with E-state index in [-0.39, 0.29) is 42.9 Å². The first-order valence-corrected chi connectivity index (χ1v) is 10.0. The highest BCUT2D eigenvalue weighted by molar-refractivity contribution is 5.94. The van der Waals surface area contributed by atoms with Crippen molar-refractivity contribution in [3.63, 3.8) is 0 Å². The van der Waals surface area contributed by atoms with Gasteiger partial charge >= 0.3 is 0 Å². The molecule has 8 heteroatoms. The van der Waals surface area contributed by atoms with Crippen LogP contribution in [0.25, 0.3) is 0 Å². The molecule has 1 saturated heterocycles. The number of nitrogens with zero attached hydrogens (tertiary/aromatic N) is 1. The maximum Gasteiger partial charge on any atom is 0.260 e. The largest absolute Gasteiger partial charge is 0.484 e. The number of halogens is 1. The highest BCUT2D eigenvalue weighted by Gasteiger charge is 2.28. The Balaban J connectivity index is 0.00000420. The van der Waals surface area contributed by atoms with E-state index >= 15 is 0 Å². The Labute approximate surface area is 179 Å². The minimum Gasteiger partial charge on any atom is -0.484 e. The minimum atomic E-state index is -0.132. The molecule has 1 heterocycles. The first kappa shape index (κ1) is 25.2. The van der Waals surface area contributed by atoms with Gasteiger partial charge in [-0.3, -0.25) is 9.59 Å². The van der Waals surface area contributed by atoms with E-state index in [4.69, 9.17) is 9.47 Å². The summed E-state index contributed by atoms with van der Waals surface area (Å²) in [5.74, 6) is 0.470. The molecule has 2 unspecified atom stereocenters. The fourth-order valence-electron chi connectivity index (χ4n) is 3.50. The smallest absolute Gasteiger partial charge is 0.260 e. The van der Waals surface area contributed by atoms with E-state index < -0.39 is 0 Å². The number of piperidine rings is 1. The Hall–Kier alpha value is -1.83. The molecule has 0 spiro atoms. The van der Waals surface area contributed by atoms with Crippen LogP contribution in [0.4, 0.5) is 0 Å².